The van der Waals surface area contributed by atoms with Crippen LogP contribution in [0.4, 0.5) is 4.39 Å². The summed E-state index contributed by atoms with van der Waals surface area (Å²) in [6, 6.07) is 0.399. The number of nitrogens with zero attached hydrogens (tertiary/aromatic N) is 1. The van der Waals surface area contributed by atoms with E-state index < -0.39 is 5.67 Å². The molecule has 3 heteroatoms. The summed E-state index contributed by atoms with van der Waals surface area (Å²) in [5.74, 6) is 0. The first kappa shape index (κ1) is 11.8. The van der Waals surface area contributed by atoms with Gasteiger partial charge in [-0.15, -0.1) is 0 Å². The zero-order valence-electron chi connectivity index (χ0n) is 8.47. The van der Waals surface area contributed by atoms with Gasteiger partial charge in [0.25, 0.3) is 0 Å². The third-order valence-electron chi connectivity index (χ3n) is 1.99. The quantitative estimate of drug-likeness (QED) is 0.690. The molecule has 1 rings (SSSR count). The Balaban J connectivity index is 0.000000561. The van der Waals surface area contributed by atoms with Crippen LogP contribution < -0.4 is 0 Å². The molecule has 1 heterocycles. The van der Waals surface area contributed by atoms with Crippen LogP contribution in [0, 0.1) is 0 Å². The van der Waals surface area contributed by atoms with Crippen molar-refractivity contribution in [3.05, 3.63) is 0 Å². The molecule has 0 bridgehead atoms. The highest BCUT2D eigenvalue weighted by molar-refractivity contribution is 4.96. The van der Waals surface area contributed by atoms with Gasteiger partial charge >= 0.3 is 0 Å². The van der Waals surface area contributed by atoms with Crippen molar-refractivity contribution in [3.63, 3.8) is 0 Å². The van der Waals surface area contributed by atoms with Crippen LogP contribution in [0.3, 0.4) is 0 Å². The maximum atomic E-state index is 13.0. The molecule has 0 unspecified atom stereocenters. The number of halogens is 1. The molecule has 2 nitrogen and oxygen atoms in total. The van der Waals surface area contributed by atoms with Crippen molar-refractivity contribution < 1.29 is 9.50 Å². The second-order valence-electron chi connectivity index (χ2n) is 3.31. The molecule has 0 aromatic heterocycles. The molecule has 1 N–H and O–H groups in total. The van der Waals surface area contributed by atoms with E-state index in [1.807, 2.05) is 32.6 Å². The van der Waals surface area contributed by atoms with Crippen LogP contribution >= 0.6 is 0 Å². The smallest absolute Gasteiger partial charge is 0.159 e. The Hall–Kier alpha value is -0.150. The van der Waals surface area contributed by atoms with Crippen molar-refractivity contribution >= 4 is 0 Å². The molecule has 0 radical (unpaired) electrons. The predicted octanol–water partition coefficient (Wildman–Crippen LogP) is 1.44. The minimum atomic E-state index is -1.30. The molecule has 1 saturated heterocycles. The molecule has 74 valence electrons. The van der Waals surface area contributed by atoms with E-state index in [9.17, 15) is 4.39 Å². The Bertz CT molecular complexity index is 122. The van der Waals surface area contributed by atoms with Crippen LogP contribution in [0.25, 0.3) is 0 Å². The van der Waals surface area contributed by atoms with Gasteiger partial charge in [-0.25, -0.2) is 4.39 Å². The maximum Gasteiger partial charge on any atom is 0.159 e. The van der Waals surface area contributed by atoms with E-state index in [0.717, 1.165) is 0 Å². The molecule has 0 aliphatic carbocycles. The second kappa shape index (κ2) is 4.77. The minimum Gasteiger partial charge on any atom is -0.393 e. The van der Waals surface area contributed by atoms with Gasteiger partial charge in [-0.05, 0) is 13.8 Å². The van der Waals surface area contributed by atoms with Crippen molar-refractivity contribution in [2.45, 2.75) is 39.4 Å². The fourth-order valence-corrected chi connectivity index (χ4v) is 1.15. The number of alkyl halides is 1. The van der Waals surface area contributed by atoms with Crippen LogP contribution in [0.1, 0.15) is 27.7 Å². The largest absolute Gasteiger partial charge is 0.393 e. The zero-order chi connectivity index (χ0) is 9.78. The number of rotatable bonds is 2. The number of aliphatic hydroxyl groups is 1. The number of hydrogen-bond donors (Lipinski definition) is 1. The van der Waals surface area contributed by atoms with E-state index >= 15 is 0 Å². The molecular formula is C9H20FNO. The van der Waals surface area contributed by atoms with Crippen molar-refractivity contribution in [3.8, 4) is 0 Å². The SMILES string of the molecule is CC.CC(C)N1CC(F)(CO)C1. The predicted molar refractivity (Wildman–Crippen MR) is 49.0 cm³/mol. The summed E-state index contributed by atoms with van der Waals surface area (Å²) in [6.07, 6.45) is 0. The first-order valence-corrected chi connectivity index (χ1v) is 4.61. The van der Waals surface area contributed by atoms with Gasteiger partial charge in [-0.2, -0.15) is 0 Å². The highest BCUT2D eigenvalue weighted by Gasteiger charge is 2.43. The third-order valence-corrected chi connectivity index (χ3v) is 1.99. The van der Waals surface area contributed by atoms with E-state index in [1.54, 1.807) is 0 Å². The van der Waals surface area contributed by atoms with Gasteiger partial charge < -0.3 is 5.11 Å². The van der Waals surface area contributed by atoms with E-state index in [2.05, 4.69) is 0 Å². The highest BCUT2D eigenvalue weighted by atomic mass is 19.1. The summed E-state index contributed by atoms with van der Waals surface area (Å²) in [5, 5.41) is 8.54. The van der Waals surface area contributed by atoms with Gasteiger partial charge in [0.1, 0.15) is 0 Å². The average Bonchev–Trinajstić information content (AvgIpc) is 2.02. The van der Waals surface area contributed by atoms with Crippen LogP contribution in [-0.4, -0.2) is 41.4 Å². The van der Waals surface area contributed by atoms with Crippen molar-refractivity contribution in [1.82, 2.24) is 4.90 Å². The third kappa shape index (κ3) is 2.72. The van der Waals surface area contributed by atoms with Crippen LogP contribution in [-0.2, 0) is 0 Å². The molecule has 0 aromatic rings. The lowest BCUT2D eigenvalue weighted by Crippen LogP contribution is -2.62. The lowest BCUT2D eigenvalue weighted by atomic mass is 9.96. The summed E-state index contributed by atoms with van der Waals surface area (Å²) in [4.78, 5) is 2.00. The Morgan fingerprint density at radius 2 is 1.83 bits per heavy atom. The summed E-state index contributed by atoms with van der Waals surface area (Å²) >= 11 is 0. The standard InChI is InChI=1S/C7H14FNO.C2H6/c1-6(2)9-3-7(8,4-9)5-10;1-2/h6,10H,3-5H2,1-2H3;1-2H3. The first-order chi connectivity index (χ1) is 5.57. The monoisotopic (exact) mass is 177 g/mol. The van der Waals surface area contributed by atoms with Crippen LogP contribution in [0.2, 0.25) is 0 Å². The fourth-order valence-electron chi connectivity index (χ4n) is 1.15. The molecular weight excluding hydrogens is 157 g/mol. The average molecular weight is 177 g/mol. The number of hydrogen-bond acceptors (Lipinski definition) is 2. The van der Waals surface area contributed by atoms with E-state index in [4.69, 9.17) is 5.11 Å². The normalized spacial score (nSPS) is 21.2. The van der Waals surface area contributed by atoms with E-state index in [1.165, 1.54) is 0 Å². The van der Waals surface area contributed by atoms with Gasteiger partial charge in [-0.3, -0.25) is 4.90 Å². The number of aliphatic hydroxyl groups excluding tert-OH is 1. The lowest BCUT2D eigenvalue weighted by molar-refractivity contribution is -0.0801. The molecule has 0 aromatic carbocycles. The molecule has 12 heavy (non-hydrogen) atoms. The van der Waals surface area contributed by atoms with E-state index in [-0.39, 0.29) is 6.61 Å². The molecule has 1 aliphatic rings. The van der Waals surface area contributed by atoms with E-state index in [0.29, 0.717) is 19.1 Å². The van der Waals surface area contributed by atoms with Gasteiger partial charge in [0.05, 0.1) is 6.61 Å². The maximum absolute atomic E-state index is 13.0. The first-order valence-electron chi connectivity index (χ1n) is 4.61. The lowest BCUT2D eigenvalue weighted by Gasteiger charge is -2.45. The van der Waals surface area contributed by atoms with Gasteiger partial charge in [0, 0.05) is 19.1 Å². The number of likely N-dealkylation sites (tertiary alicyclic amines) is 1. The zero-order valence-corrected chi connectivity index (χ0v) is 8.47. The topological polar surface area (TPSA) is 23.5 Å². The molecule has 0 spiro atoms. The van der Waals surface area contributed by atoms with Crippen molar-refractivity contribution in [1.29, 1.82) is 0 Å². The van der Waals surface area contributed by atoms with Crippen LogP contribution in [0.5, 0.6) is 0 Å². The van der Waals surface area contributed by atoms with Gasteiger partial charge in [-0.1, -0.05) is 13.8 Å². The Kier molecular flexibility index (Phi) is 4.71. The van der Waals surface area contributed by atoms with Crippen molar-refractivity contribution in [2.75, 3.05) is 19.7 Å². The molecule has 1 aliphatic heterocycles. The van der Waals surface area contributed by atoms with Gasteiger partial charge in [0.15, 0.2) is 5.67 Å². The summed E-state index contributed by atoms with van der Waals surface area (Å²) in [5.41, 5.74) is -1.30. The molecule has 0 saturated carbocycles. The molecule has 1 fully saturated rings. The minimum absolute atomic E-state index is 0.337. The Morgan fingerprint density at radius 3 is 2.08 bits per heavy atom. The van der Waals surface area contributed by atoms with Crippen molar-refractivity contribution in [2.24, 2.45) is 0 Å². The Morgan fingerprint density at radius 1 is 1.42 bits per heavy atom. The Labute approximate surface area is 74.4 Å². The summed E-state index contributed by atoms with van der Waals surface area (Å²) < 4.78 is 13.0. The molecule has 0 atom stereocenters. The summed E-state index contributed by atoms with van der Waals surface area (Å²) in [6.45, 7) is 8.49. The van der Waals surface area contributed by atoms with Crippen LogP contribution in [0.15, 0.2) is 0 Å². The summed E-state index contributed by atoms with van der Waals surface area (Å²) in [7, 11) is 0. The van der Waals surface area contributed by atoms with Gasteiger partial charge in [0.2, 0.25) is 0 Å². The fraction of sp³-hybridized carbons (Fsp3) is 1.00. The molecule has 0 amide bonds. The highest BCUT2D eigenvalue weighted by Crippen LogP contribution is 2.26. The second-order valence-corrected chi connectivity index (χ2v) is 3.31.